The van der Waals surface area contributed by atoms with Gasteiger partial charge in [-0.2, -0.15) is 0 Å². The van der Waals surface area contributed by atoms with Gasteiger partial charge in [-0.15, -0.1) is 0 Å². The number of fused-ring (bicyclic) bond motifs is 1. The summed E-state index contributed by atoms with van der Waals surface area (Å²) in [5.41, 5.74) is 5.83. The van der Waals surface area contributed by atoms with Crippen molar-refractivity contribution in [3.8, 4) is 0 Å². The zero-order valence-corrected chi connectivity index (χ0v) is 10.6. The molecule has 0 aliphatic carbocycles. The maximum Gasteiger partial charge on any atom is 0.159 e. The molecule has 0 saturated carbocycles. The summed E-state index contributed by atoms with van der Waals surface area (Å²) < 4.78 is 5.88. The van der Waals surface area contributed by atoms with E-state index in [0.29, 0.717) is 12.6 Å². The number of nitrogens with two attached hydrogens (primary N) is 1. The average molecular weight is 243 g/mol. The Morgan fingerprint density at radius 2 is 2.44 bits per heavy atom. The van der Waals surface area contributed by atoms with E-state index >= 15 is 0 Å². The highest BCUT2D eigenvalue weighted by atomic mass is 32.2. The highest BCUT2D eigenvalue weighted by Crippen LogP contribution is 2.34. The van der Waals surface area contributed by atoms with Crippen molar-refractivity contribution in [3.63, 3.8) is 0 Å². The Morgan fingerprint density at radius 1 is 1.56 bits per heavy atom. The van der Waals surface area contributed by atoms with Gasteiger partial charge in [-0.1, -0.05) is 25.1 Å². The summed E-state index contributed by atoms with van der Waals surface area (Å²) in [6, 6.07) is 0.344. The molecular formula is C11H21N3OS. The van der Waals surface area contributed by atoms with Crippen LogP contribution in [0.2, 0.25) is 0 Å². The predicted octanol–water partition coefficient (Wildman–Crippen LogP) is 1.31. The molecule has 0 aromatic rings. The maximum atomic E-state index is 5.88. The van der Waals surface area contributed by atoms with Gasteiger partial charge in [-0.3, -0.25) is 4.99 Å². The minimum Gasteiger partial charge on any atom is -0.365 e. The Labute approximate surface area is 101 Å². The van der Waals surface area contributed by atoms with Crippen molar-refractivity contribution in [2.75, 3.05) is 13.1 Å². The van der Waals surface area contributed by atoms with Crippen LogP contribution in [0.15, 0.2) is 4.99 Å². The lowest BCUT2D eigenvalue weighted by molar-refractivity contribution is -0.00632. The maximum absolute atomic E-state index is 5.88. The van der Waals surface area contributed by atoms with Gasteiger partial charge in [0.1, 0.15) is 5.44 Å². The van der Waals surface area contributed by atoms with E-state index in [1.165, 1.54) is 12.8 Å². The number of rotatable bonds is 4. The van der Waals surface area contributed by atoms with Crippen molar-refractivity contribution in [1.29, 1.82) is 0 Å². The van der Waals surface area contributed by atoms with Gasteiger partial charge in [-0.05, 0) is 19.3 Å². The summed E-state index contributed by atoms with van der Waals surface area (Å²) in [6.45, 7) is 3.84. The third kappa shape index (κ3) is 2.90. The first kappa shape index (κ1) is 12.2. The van der Waals surface area contributed by atoms with Crippen molar-refractivity contribution in [2.45, 2.75) is 50.2 Å². The molecular weight excluding hydrogens is 222 g/mol. The van der Waals surface area contributed by atoms with Gasteiger partial charge in [0.2, 0.25) is 0 Å². The van der Waals surface area contributed by atoms with Crippen LogP contribution in [0.25, 0.3) is 0 Å². The van der Waals surface area contributed by atoms with Crippen LogP contribution in [-0.2, 0) is 4.74 Å². The SMILES string of the molecule is CCCCNC1=NC2CCC(CN)OC2S1. The van der Waals surface area contributed by atoms with Crippen molar-refractivity contribution < 1.29 is 4.74 Å². The molecule has 5 heteroatoms. The Bertz CT molecular complexity index is 260. The highest BCUT2D eigenvalue weighted by Gasteiger charge is 2.36. The Morgan fingerprint density at radius 3 is 3.19 bits per heavy atom. The second-order valence-electron chi connectivity index (χ2n) is 4.34. The topological polar surface area (TPSA) is 59.6 Å². The molecule has 2 aliphatic rings. The van der Waals surface area contributed by atoms with Gasteiger partial charge >= 0.3 is 0 Å². The first-order valence-corrected chi connectivity index (χ1v) is 7.05. The van der Waals surface area contributed by atoms with Crippen LogP contribution in [0.1, 0.15) is 32.6 Å². The number of thioether (sulfide) groups is 1. The monoisotopic (exact) mass is 243 g/mol. The summed E-state index contributed by atoms with van der Waals surface area (Å²) in [7, 11) is 0. The van der Waals surface area contributed by atoms with E-state index in [1.54, 1.807) is 11.8 Å². The van der Waals surface area contributed by atoms with Gasteiger partial charge < -0.3 is 15.8 Å². The molecule has 0 amide bonds. The summed E-state index contributed by atoms with van der Waals surface area (Å²) >= 11 is 1.73. The largest absolute Gasteiger partial charge is 0.365 e. The number of aliphatic imine (C=N–C) groups is 1. The fourth-order valence-electron chi connectivity index (χ4n) is 2.00. The average Bonchev–Trinajstić information content (AvgIpc) is 2.70. The van der Waals surface area contributed by atoms with E-state index in [4.69, 9.17) is 10.5 Å². The molecule has 3 atom stereocenters. The van der Waals surface area contributed by atoms with E-state index in [-0.39, 0.29) is 11.5 Å². The van der Waals surface area contributed by atoms with E-state index in [0.717, 1.165) is 24.6 Å². The summed E-state index contributed by atoms with van der Waals surface area (Å²) in [4.78, 5) is 4.65. The third-order valence-electron chi connectivity index (χ3n) is 3.01. The molecule has 0 bridgehead atoms. The standard InChI is InChI=1S/C11H21N3OS/c1-2-3-6-13-11-14-9-5-4-8(7-12)15-10(9)16-11/h8-10H,2-7,12H2,1H3,(H,13,14). The third-order valence-corrected chi connectivity index (χ3v) is 4.14. The van der Waals surface area contributed by atoms with Crippen molar-refractivity contribution in [3.05, 3.63) is 0 Å². The smallest absolute Gasteiger partial charge is 0.159 e. The van der Waals surface area contributed by atoms with E-state index in [9.17, 15) is 0 Å². The number of unbranched alkanes of at least 4 members (excludes halogenated alkanes) is 1. The number of ether oxygens (including phenoxy) is 1. The fourth-order valence-corrected chi connectivity index (χ4v) is 3.17. The summed E-state index contributed by atoms with van der Waals surface area (Å²) in [6.07, 6.45) is 4.80. The van der Waals surface area contributed by atoms with Crippen LogP contribution < -0.4 is 11.1 Å². The second-order valence-corrected chi connectivity index (χ2v) is 5.43. The molecule has 1 saturated heterocycles. The van der Waals surface area contributed by atoms with Gasteiger partial charge in [0, 0.05) is 13.1 Å². The number of amidine groups is 1. The molecule has 0 radical (unpaired) electrons. The first-order valence-electron chi connectivity index (χ1n) is 6.17. The minimum atomic E-state index is 0.200. The van der Waals surface area contributed by atoms with E-state index < -0.39 is 0 Å². The van der Waals surface area contributed by atoms with Crippen LogP contribution in [0.3, 0.4) is 0 Å². The highest BCUT2D eigenvalue weighted by molar-refractivity contribution is 8.14. The van der Waals surface area contributed by atoms with E-state index in [1.807, 2.05) is 0 Å². The lowest BCUT2D eigenvalue weighted by Crippen LogP contribution is -2.37. The number of hydrogen-bond donors (Lipinski definition) is 2. The normalized spacial score (nSPS) is 33.4. The minimum absolute atomic E-state index is 0.200. The lowest BCUT2D eigenvalue weighted by Gasteiger charge is -2.29. The molecule has 16 heavy (non-hydrogen) atoms. The molecule has 4 nitrogen and oxygen atoms in total. The van der Waals surface area contributed by atoms with Crippen LogP contribution in [-0.4, -0.2) is 35.8 Å². The van der Waals surface area contributed by atoms with E-state index in [2.05, 4.69) is 17.2 Å². The Hall–Kier alpha value is -0.260. The Kier molecular flexibility index (Phi) is 4.49. The predicted molar refractivity (Wildman–Crippen MR) is 68.7 cm³/mol. The zero-order valence-electron chi connectivity index (χ0n) is 9.82. The number of nitrogens with zero attached hydrogens (tertiary/aromatic N) is 1. The zero-order chi connectivity index (χ0) is 11.4. The van der Waals surface area contributed by atoms with Gasteiger partial charge in [0.25, 0.3) is 0 Å². The molecule has 0 aromatic carbocycles. The van der Waals surface area contributed by atoms with Gasteiger partial charge in [-0.25, -0.2) is 0 Å². The second kappa shape index (κ2) is 5.89. The first-order chi connectivity index (χ1) is 7.83. The lowest BCUT2D eigenvalue weighted by atomic mass is 10.1. The number of nitrogens with one attached hydrogen (secondary N) is 1. The molecule has 0 spiro atoms. The van der Waals surface area contributed by atoms with Crippen LogP contribution in [0, 0.1) is 0 Å². The molecule has 2 heterocycles. The molecule has 1 fully saturated rings. The van der Waals surface area contributed by atoms with Crippen molar-refractivity contribution in [2.24, 2.45) is 10.7 Å². The molecule has 92 valence electrons. The number of hydrogen-bond acceptors (Lipinski definition) is 5. The molecule has 3 N–H and O–H groups in total. The molecule has 3 unspecified atom stereocenters. The fraction of sp³-hybridized carbons (Fsp3) is 0.909. The molecule has 0 aromatic heterocycles. The van der Waals surface area contributed by atoms with Crippen LogP contribution in [0.4, 0.5) is 0 Å². The van der Waals surface area contributed by atoms with Crippen LogP contribution >= 0.6 is 11.8 Å². The van der Waals surface area contributed by atoms with Crippen molar-refractivity contribution in [1.82, 2.24) is 5.32 Å². The molecule has 2 aliphatic heterocycles. The molecule has 2 rings (SSSR count). The summed E-state index contributed by atoms with van der Waals surface area (Å²) in [5.74, 6) is 0. The van der Waals surface area contributed by atoms with Crippen LogP contribution in [0.5, 0.6) is 0 Å². The van der Waals surface area contributed by atoms with Gasteiger partial charge in [0.15, 0.2) is 5.17 Å². The van der Waals surface area contributed by atoms with Crippen molar-refractivity contribution >= 4 is 16.9 Å². The van der Waals surface area contributed by atoms with Gasteiger partial charge in [0.05, 0.1) is 12.1 Å². The Balaban J connectivity index is 1.79. The summed E-state index contributed by atoms with van der Waals surface area (Å²) in [5, 5.41) is 4.43. The quantitative estimate of drug-likeness (QED) is 0.731.